The van der Waals surface area contributed by atoms with Crippen LogP contribution in [0.2, 0.25) is 6.32 Å². The van der Waals surface area contributed by atoms with Crippen molar-refractivity contribution in [3.63, 3.8) is 0 Å². The average molecular weight is 444 g/mol. The second-order valence-corrected chi connectivity index (χ2v) is 10.4. The third-order valence-electron chi connectivity index (χ3n) is 7.92. The molecule has 3 saturated heterocycles. The summed E-state index contributed by atoms with van der Waals surface area (Å²) < 4.78 is 12.2. The molecule has 3 atom stereocenters. The first kappa shape index (κ1) is 23.1. The second-order valence-electron chi connectivity index (χ2n) is 10.4. The molecule has 0 radical (unpaired) electrons. The Balaban J connectivity index is 1.48. The molecular weight excluding hydrogens is 411 g/mol. The van der Waals surface area contributed by atoms with E-state index in [0.717, 1.165) is 10.5 Å². The van der Waals surface area contributed by atoms with Crippen LogP contribution in [-0.4, -0.2) is 75.6 Å². The van der Waals surface area contributed by atoms with Crippen molar-refractivity contribution in [3.05, 3.63) is 35.9 Å². The van der Waals surface area contributed by atoms with Crippen molar-refractivity contribution >= 4 is 19.2 Å². The number of rotatable bonds is 7. The largest absolute Gasteiger partial charge is 0.480 e. The molecule has 9 heteroatoms. The molecule has 0 saturated carbocycles. The van der Waals surface area contributed by atoms with Gasteiger partial charge < -0.3 is 19.5 Å². The number of aliphatic carboxylic acids is 1. The Bertz CT molecular complexity index is 862. The number of nitrogens with zero attached hydrogens (tertiary/aromatic N) is 2. The van der Waals surface area contributed by atoms with Gasteiger partial charge >= 0.3 is 19.2 Å². The van der Waals surface area contributed by atoms with Crippen LogP contribution in [-0.2, 0) is 20.6 Å². The number of carboxylic acid groups (broad SMARTS) is 2. The van der Waals surface area contributed by atoms with Crippen LogP contribution in [0, 0.1) is 5.41 Å². The second kappa shape index (κ2) is 8.04. The van der Waals surface area contributed by atoms with Gasteiger partial charge in [0, 0.05) is 31.1 Å². The third kappa shape index (κ3) is 3.80. The fraction of sp³-hybridized carbons (Fsp3) is 0.652. The molecule has 3 aliphatic rings. The minimum atomic E-state index is -1.17. The Morgan fingerprint density at radius 1 is 1.09 bits per heavy atom. The summed E-state index contributed by atoms with van der Waals surface area (Å²) >= 11 is 0. The summed E-state index contributed by atoms with van der Waals surface area (Å²) in [6.07, 6.45) is 0.813. The minimum Gasteiger partial charge on any atom is -0.480 e. The van der Waals surface area contributed by atoms with E-state index >= 15 is 0 Å². The van der Waals surface area contributed by atoms with Crippen LogP contribution in [0.3, 0.4) is 0 Å². The number of fused-ring (bicyclic) bond motifs is 1. The van der Waals surface area contributed by atoms with Crippen molar-refractivity contribution in [2.45, 2.75) is 76.7 Å². The highest BCUT2D eigenvalue weighted by Gasteiger charge is 2.66. The first-order valence-corrected chi connectivity index (χ1v) is 11.3. The van der Waals surface area contributed by atoms with E-state index in [1.807, 2.05) is 58.0 Å². The molecule has 1 amide bonds. The quantitative estimate of drug-likeness (QED) is 0.624. The van der Waals surface area contributed by atoms with Gasteiger partial charge in [-0.1, -0.05) is 36.8 Å². The Kier molecular flexibility index (Phi) is 5.80. The van der Waals surface area contributed by atoms with E-state index in [1.54, 1.807) is 0 Å². The van der Waals surface area contributed by atoms with Crippen molar-refractivity contribution in [2.24, 2.45) is 5.41 Å². The molecule has 1 aromatic rings. The van der Waals surface area contributed by atoms with Crippen LogP contribution in [0.1, 0.15) is 46.1 Å². The molecule has 4 rings (SSSR count). The molecule has 3 aliphatic heterocycles. The first-order valence-electron chi connectivity index (χ1n) is 11.3. The highest BCUT2D eigenvalue weighted by atomic mass is 16.7. The van der Waals surface area contributed by atoms with Crippen LogP contribution in [0.5, 0.6) is 0 Å². The lowest BCUT2D eigenvalue weighted by molar-refractivity contribution is -0.152. The van der Waals surface area contributed by atoms with Crippen LogP contribution in [0.15, 0.2) is 30.3 Å². The molecule has 0 spiro atoms. The molecule has 174 valence electrons. The van der Waals surface area contributed by atoms with Crippen LogP contribution >= 0.6 is 0 Å². The fourth-order valence-electron chi connectivity index (χ4n) is 5.63. The summed E-state index contributed by atoms with van der Waals surface area (Å²) in [7, 11) is -0.337. The fourth-order valence-corrected chi connectivity index (χ4v) is 5.63. The van der Waals surface area contributed by atoms with Crippen LogP contribution < -0.4 is 0 Å². The van der Waals surface area contributed by atoms with Crippen molar-refractivity contribution < 1.29 is 29.1 Å². The topological polar surface area (TPSA) is 99.5 Å². The SMILES string of the molecule is CC1(C)OB(CCC[C@]23CN(Cc4ccccc4)[C@H]2CN(C(=O)O)[C@@H]3C(=O)O)OC1(C)C. The van der Waals surface area contributed by atoms with E-state index in [-0.39, 0.29) is 19.7 Å². The molecule has 3 fully saturated rings. The molecule has 1 aromatic carbocycles. The molecule has 0 unspecified atom stereocenters. The first-order chi connectivity index (χ1) is 15.0. The highest BCUT2D eigenvalue weighted by molar-refractivity contribution is 6.45. The number of benzene rings is 1. The van der Waals surface area contributed by atoms with Gasteiger partial charge in [-0.3, -0.25) is 9.80 Å². The zero-order chi connectivity index (χ0) is 23.3. The van der Waals surface area contributed by atoms with E-state index in [9.17, 15) is 19.8 Å². The van der Waals surface area contributed by atoms with Crippen molar-refractivity contribution in [2.75, 3.05) is 13.1 Å². The van der Waals surface area contributed by atoms with E-state index in [2.05, 4.69) is 4.90 Å². The van der Waals surface area contributed by atoms with Crippen LogP contribution in [0.25, 0.3) is 0 Å². The van der Waals surface area contributed by atoms with E-state index in [1.165, 1.54) is 0 Å². The maximum absolute atomic E-state index is 12.2. The Hall–Kier alpha value is -2.10. The molecule has 32 heavy (non-hydrogen) atoms. The lowest BCUT2D eigenvalue weighted by Crippen LogP contribution is -2.67. The maximum atomic E-state index is 12.2. The predicted molar refractivity (Wildman–Crippen MR) is 119 cm³/mol. The van der Waals surface area contributed by atoms with E-state index in [0.29, 0.717) is 32.3 Å². The van der Waals surface area contributed by atoms with Gasteiger partial charge in [0.2, 0.25) is 0 Å². The summed E-state index contributed by atoms with van der Waals surface area (Å²) in [5, 5.41) is 19.7. The minimum absolute atomic E-state index is 0.113. The Labute approximate surface area is 189 Å². The third-order valence-corrected chi connectivity index (χ3v) is 7.92. The zero-order valence-electron chi connectivity index (χ0n) is 19.3. The lowest BCUT2D eigenvalue weighted by atomic mass is 9.64. The smallest absolute Gasteiger partial charge is 0.457 e. The molecular formula is C23H33BN2O6. The molecule has 2 N–H and O–H groups in total. The van der Waals surface area contributed by atoms with Gasteiger partial charge in [-0.05, 0) is 46.0 Å². The van der Waals surface area contributed by atoms with Gasteiger partial charge in [0.1, 0.15) is 6.04 Å². The molecule has 8 nitrogen and oxygen atoms in total. The monoisotopic (exact) mass is 444 g/mol. The maximum Gasteiger partial charge on any atom is 0.457 e. The standard InChI is InChI=1S/C23H33BN2O6/c1-21(2)22(3,4)32-24(31-21)12-8-11-23-15-25(13-16-9-6-5-7-10-16)17(23)14-26(20(29)30)18(23)19(27)28/h5-7,9-10,17-18H,8,11-15H2,1-4H3,(H,27,28)(H,29,30)/t17-,18+,23-/m0/s1. The highest BCUT2D eigenvalue weighted by Crippen LogP contribution is 2.52. The van der Waals surface area contributed by atoms with E-state index < -0.39 is 34.7 Å². The summed E-state index contributed by atoms with van der Waals surface area (Å²) in [5.41, 5.74) is -0.265. The predicted octanol–water partition coefficient (Wildman–Crippen LogP) is 3.18. The summed E-state index contributed by atoms with van der Waals surface area (Å²) in [6, 6.07) is 8.85. The number of carboxylic acids is 1. The van der Waals surface area contributed by atoms with Gasteiger partial charge in [0.05, 0.1) is 11.2 Å². The molecule has 0 aromatic heterocycles. The molecule has 3 heterocycles. The Morgan fingerprint density at radius 3 is 2.28 bits per heavy atom. The molecule has 0 aliphatic carbocycles. The summed E-state index contributed by atoms with van der Waals surface area (Å²) in [5.74, 6) is -1.06. The average Bonchev–Trinajstić information content (AvgIpc) is 3.07. The van der Waals surface area contributed by atoms with Gasteiger partial charge in [-0.25, -0.2) is 9.59 Å². The van der Waals surface area contributed by atoms with E-state index in [4.69, 9.17) is 9.31 Å². The van der Waals surface area contributed by atoms with Gasteiger partial charge in [0.15, 0.2) is 0 Å². The number of carbonyl (C=O) groups is 2. The number of likely N-dealkylation sites (tertiary alicyclic amines) is 2. The van der Waals surface area contributed by atoms with Gasteiger partial charge in [-0.15, -0.1) is 0 Å². The Morgan fingerprint density at radius 2 is 1.72 bits per heavy atom. The zero-order valence-corrected chi connectivity index (χ0v) is 19.3. The van der Waals surface area contributed by atoms with Crippen molar-refractivity contribution in [1.82, 2.24) is 9.80 Å². The van der Waals surface area contributed by atoms with Crippen LogP contribution in [0.4, 0.5) is 4.79 Å². The number of hydrogen-bond donors (Lipinski definition) is 2. The normalized spacial score (nSPS) is 30.8. The number of amides is 1. The van der Waals surface area contributed by atoms with Gasteiger partial charge in [-0.2, -0.15) is 0 Å². The summed E-state index contributed by atoms with van der Waals surface area (Å²) in [4.78, 5) is 27.4. The van der Waals surface area contributed by atoms with Crippen molar-refractivity contribution in [1.29, 1.82) is 0 Å². The number of hydrogen-bond acceptors (Lipinski definition) is 5. The molecule has 0 bridgehead atoms. The summed E-state index contributed by atoms with van der Waals surface area (Å²) in [6.45, 7) is 9.51. The lowest BCUT2D eigenvalue weighted by Gasteiger charge is -2.55. The van der Waals surface area contributed by atoms with Crippen molar-refractivity contribution in [3.8, 4) is 0 Å². The van der Waals surface area contributed by atoms with Gasteiger partial charge in [0.25, 0.3) is 0 Å².